The Balaban J connectivity index is 0.000000269. The molecule has 7 N–H and O–H groups in total. The molecular weight excluding hydrogens is 1870 g/mol. The summed E-state index contributed by atoms with van der Waals surface area (Å²) in [6, 6.07) is -0.324. The molecule has 808 valence electrons. The van der Waals surface area contributed by atoms with E-state index in [-0.39, 0.29) is 181 Å². The zero-order valence-electron chi connectivity index (χ0n) is 91.6. The first-order valence-corrected chi connectivity index (χ1v) is 53.9. The van der Waals surface area contributed by atoms with Crippen molar-refractivity contribution in [1.29, 1.82) is 0 Å². The number of nitrogens with one attached hydrogen (secondary N) is 7. The van der Waals surface area contributed by atoms with Crippen molar-refractivity contribution in [2.24, 2.45) is 99.1 Å². The molecule has 21 atom stereocenters. The Kier molecular flexibility index (Phi) is 45.3. The van der Waals surface area contributed by atoms with Gasteiger partial charge in [-0.3, -0.25) is 101 Å². The molecule has 0 spiro atoms. The Morgan fingerprint density at radius 3 is 1.05 bits per heavy atom. The number of benzene rings is 1. The fourth-order valence-electron chi connectivity index (χ4n) is 20.5. The molecule has 5 fully saturated rings. The van der Waals surface area contributed by atoms with E-state index in [1.807, 2.05) is 190 Å². The van der Waals surface area contributed by atoms with Gasteiger partial charge in [-0.05, 0) is 158 Å². The number of nitrogens with zero attached hydrogens (tertiary/aromatic N) is 9. The maximum absolute atomic E-state index is 14.6. The van der Waals surface area contributed by atoms with Gasteiger partial charge in [0, 0.05) is 131 Å². The van der Waals surface area contributed by atoms with Crippen LogP contribution in [0.4, 0.5) is 0 Å². The summed E-state index contributed by atoms with van der Waals surface area (Å²) in [5.41, 5.74) is 0.179. The van der Waals surface area contributed by atoms with E-state index in [9.17, 15) is 86.3 Å². The normalized spacial score (nSPS) is 20.8. The Bertz CT molecular complexity index is 5020. The van der Waals surface area contributed by atoms with Crippen molar-refractivity contribution in [3.63, 3.8) is 0 Å². The molecule has 0 bridgehead atoms. The average molecular weight is 2040 g/mol. The first kappa shape index (κ1) is 121. The second-order valence-electron chi connectivity index (χ2n) is 46.1. The van der Waals surface area contributed by atoms with Gasteiger partial charge in [-0.25, -0.2) is 15.0 Å². The van der Waals surface area contributed by atoms with Crippen LogP contribution in [0.5, 0.6) is 0 Å². The quantitative estimate of drug-likeness (QED) is 0.0159. The lowest BCUT2D eigenvalue weighted by Crippen LogP contribution is -2.60. The van der Waals surface area contributed by atoms with Gasteiger partial charge < -0.3 is 51.9 Å². The number of Topliss-reactive ketones (excluding diaryl/α,β-unsaturated/α-hetero) is 8. The molecule has 0 radical (unpaired) electrons. The molecule has 3 aliphatic heterocycles. The highest BCUT2D eigenvalue weighted by Gasteiger charge is 2.56. The summed E-state index contributed by atoms with van der Waals surface area (Å²) in [6.45, 7) is 46.3. The molecule has 6 heterocycles. The van der Waals surface area contributed by atoms with Gasteiger partial charge in [-0.1, -0.05) is 228 Å². The van der Waals surface area contributed by atoms with Gasteiger partial charge in [0.1, 0.15) is 47.3 Å². The van der Waals surface area contributed by atoms with Gasteiger partial charge in [0.05, 0.1) is 36.7 Å². The summed E-state index contributed by atoms with van der Waals surface area (Å²) in [7, 11) is 0. The number of carbonyl (C=O) groups is 18. The van der Waals surface area contributed by atoms with Crippen LogP contribution in [-0.4, -0.2) is 223 Å². The van der Waals surface area contributed by atoms with E-state index in [0.717, 1.165) is 62.5 Å². The number of likely N-dealkylation sites (tertiary alicyclic amines) is 2. The molecule has 6 aliphatic rings. The van der Waals surface area contributed by atoms with E-state index >= 15 is 0 Å². The number of fused-ring (bicyclic) bond motifs is 3. The molecule has 34 nitrogen and oxygen atoms in total. The maximum atomic E-state index is 14.6. The topological polar surface area (TPSA) is 479 Å². The van der Waals surface area contributed by atoms with Gasteiger partial charge in [-0.15, -0.1) is 0 Å². The smallest absolute Gasteiger partial charge is 0.289 e. The Morgan fingerprint density at radius 1 is 0.395 bits per heavy atom. The minimum atomic E-state index is -1.02. The number of hydrogen-bond donors (Lipinski definition) is 7. The Labute approximate surface area is 870 Å². The fraction of sp³-hybridized carbons (Fsp3) is 0.681. The summed E-state index contributed by atoms with van der Waals surface area (Å²) in [6.07, 6.45) is 24.7. The highest BCUT2D eigenvalue weighted by Crippen LogP contribution is 2.46. The summed E-state index contributed by atoms with van der Waals surface area (Å²) in [4.78, 5) is 274. The van der Waals surface area contributed by atoms with Crippen molar-refractivity contribution in [2.45, 2.75) is 381 Å². The van der Waals surface area contributed by atoms with Crippen molar-refractivity contribution in [3.05, 3.63) is 108 Å². The van der Waals surface area contributed by atoms with E-state index in [1.165, 1.54) is 55.8 Å². The third kappa shape index (κ3) is 33.0. The first-order chi connectivity index (χ1) is 69.3. The molecule has 1 aromatic carbocycles. The lowest BCUT2D eigenvalue weighted by atomic mass is 9.81. The van der Waals surface area contributed by atoms with Crippen LogP contribution >= 0.6 is 0 Å². The fourth-order valence-corrected chi connectivity index (χ4v) is 20.5. The molecule has 3 saturated carbocycles. The SMILES string of the molecule is CCC[C@H](CC(=O)[C@@H]1Cc2ccccc2CN1C(=O)[C@@H](NC(=O)[C@@H](CC(=O)c1cnccn1)[C@@H](C)CC)C(C)(C)C)C(=O)C(=O)CC1CC1.CCC[C@H](NC(=O)[C@@H]1[C@H]2CCC[C@H]2CN1C(=O)[C@@H](NC(=O)[C@@H](CC(=O)c1cnccn1)[C@@H](C)CC)C(C)(C)C)C(=O)C(=O)N[C@@H](C)C(C)C.CCC[C@H](NC(=O)[C@@H]1[C@H]2CCC[C@H]2CN1C(=O)[C@@H](NC(=O)[C@@H](CC(=O)c1cnccn1)[C@@H](C)CC)C(C)(C)C)C(=O)C(=O)N[C@@H](C)C(C)C. The lowest BCUT2D eigenvalue weighted by molar-refractivity contribution is -0.148. The molecular formula is C113H168N16O18. The highest BCUT2D eigenvalue weighted by molar-refractivity contribution is 6.39. The van der Waals surface area contributed by atoms with Gasteiger partial charge in [0.15, 0.2) is 28.9 Å². The highest BCUT2D eigenvalue weighted by atomic mass is 16.2. The molecule has 0 unspecified atom stereocenters. The van der Waals surface area contributed by atoms with Crippen LogP contribution in [-0.2, 0) is 84.9 Å². The molecule has 34 heteroatoms. The molecule has 10 rings (SSSR count). The van der Waals surface area contributed by atoms with Crippen LogP contribution in [0.15, 0.2) is 80.0 Å². The average Bonchev–Trinajstić information content (AvgIpc) is 1.61. The van der Waals surface area contributed by atoms with E-state index in [4.69, 9.17) is 0 Å². The van der Waals surface area contributed by atoms with Crippen molar-refractivity contribution in [1.82, 2.24) is 81.8 Å². The van der Waals surface area contributed by atoms with E-state index in [2.05, 4.69) is 67.1 Å². The van der Waals surface area contributed by atoms with Crippen LogP contribution in [0.1, 0.15) is 350 Å². The largest absolute Gasteiger partial charge is 0.347 e. The van der Waals surface area contributed by atoms with Crippen LogP contribution in [0.3, 0.4) is 0 Å². The molecule has 2 saturated heterocycles. The molecule has 3 aromatic heterocycles. The lowest BCUT2D eigenvalue weighted by Gasteiger charge is -2.41. The standard InChI is InChI=1S/C39H52N4O6.2C37H58N6O6/c1-7-11-27(35(47)34(46)18-25-14-15-25)20-33(45)31-19-26-12-9-10-13-28(26)23-43(31)38(49)36(39(4,5)6)42-37(48)29(24(3)8-2)21-32(44)30-22-40-16-17-41-30;2*1-10-13-27(31(45)35(48)40-23(6)21(3)4)41-34(47)30-25-15-12-14-24(25)20-43(30)36(49)32(37(7,8)9)42-33(46)26(22(5)11-2)18-29(44)28-19-38-16-17-39-28/h9-10,12-13,16-17,22,24-25,27,29,31,36H,7-8,11,14-15,18-21,23H2,1-6H3,(H,42,48);2*16-17,19,21-27,30,32H,10-15,18,20H2,1-9H3,(H,40,48)(H,41,47)(H,42,46)/t24-,27+,29-,31-,36+;2*22-,23-,24-,25-,26-,27-,30-,32+/m000/s1. The van der Waals surface area contributed by atoms with Gasteiger partial charge in [-0.2, -0.15) is 0 Å². The summed E-state index contributed by atoms with van der Waals surface area (Å²) in [5, 5.41) is 20.2. The van der Waals surface area contributed by atoms with E-state index in [1.54, 1.807) is 14.7 Å². The number of carbonyl (C=O) groups excluding carboxylic acids is 18. The number of aromatic nitrogens is 6. The zero-order chi connectivity index (χ0) is 109. The Hall–Kier alpha value is -11.5. The zero-order valence-corrected chi connectivity index (χ0v) is 91.6. The van der Waals surface area contributed by atoms with Crippen LogP contribution < -0.4 is 37.2 Å². The molecule has 3 aliphatic carbocycles. The predicted molar refractivity (Wildman–Crippen MR) is 557 cm³/mol. The third-order valence-electron chi connectivity index (χ3n) is 31.2. The Morgan fingerprint density at radius 2 is 0.741 bits per heavy atom. The second kappa shape index (κ2) is 55.2. The van der Waals surface area contributed by atoms with Crippen molar-refractivity contribution in [3.8, 4) is 0 Å². The number of ketones is 8. The summed E-state index contributed by atoms with van der Waals surface area (Å²) >= 11 is 0. The second-order valence-corrected chi connectivity index (χ2v) is 46.1. The van der Waals surface area contributed by atoms with Gasteiger partial charge >= 0.3 is 0 Å². The summed E-state index contributed by atoms with van der Waals surface area (Å²) in [5.74, 6) is -11.0. The summed E-state index contributed by atoms with van der Waals surface area (Å²) < 4.78 is 0. The minimum Gasteiger partial charge on any atom is -0.347 e. The van der Waals surface area contributed by atoms with Crippen LogP contribution in [0, 0.1) is 99.1 Å². The van der Waals surface area contributed by atoms with Crippen LogP contribution in [0.2, 0.25) is 0 Å². The predicted octanol–water partition coefficient (Wildman–Crippen LogP) is 13.3. The molecule has 4 aromatic rings. The van der Waals surface area contributed by atoms with Crippen molar-refractivity contribution < 1.29 is 86.3 Å². The number of rotatable bonds is 49. The molecule has 147 heavy (non-hydrogen) atoms. The molecule has 10 amide bonds. The van der Waals surface area contributed by atoms with E-state index < -0.39 is 159 Å². The monoisotopic (exact) mass is 2040 g/mol. The van der Waals surface area contributed by atoms with Crippen molar-refractivity contribution in [2.75, 3.05) is 13.1 Å². The minimum absolute atomic E-state index is 0.0835. The number of amides is 10. The van der Waals surface area contributed by atoms with E-state index in [0.29, 0.717) is 58.0 Å². The number of hydrogen-bond acceptors (Lipinski definition) is 24. The third-order valence-corrected chi connectivity index (χ3v) is 31.2. The maximum Gasteiger partial charge on any atom is 0.289 e. The van der Waals surface area contributed by atoms with Gasteiger partial charge in [0.2, 0.25) is 64.6 Å². The van der Waals surface area contributed by atoms with Crippen molar-refractivity contribution >= 4 is 105 Å². The van der Waals surface area contributed by atoms with Crippen LogP contribution in [0.25, 0.3) is 0 Å². The first-order valence-electron chi connectivity index (χ1n) is 53.9. The van der Waals surface area contributed by atoms with Gasteiger partial charge in [0.25, 0.3) is 11.8 Å².